The summed E-state index contributed by atoms with van der Waals surface area (Å²) in [5, 5.41) is 0.614. The first-order chi connectivity index (χ1) is 10.2. The summed E-state index contributed by atoms with van der Waals surface area (Å²) in [6, 6.07) is 9.97. The van der Waals surface area contributed by atoms with Crippen LogP contribution in [0.3, 0.4) is 0 Å². The third-order valence-corrected chi connectivity index (χ3v) is 5.33. The van der Waals surface area contributed by atoms with E-state index in [1.165, 1.54) is 0 Å². The molecule has 0 unspecified atom stereocenters. The molecule has 21 heavy (non-hydrogen) atoms. The lowest BCUT2D eigenvalue weighted by Crippen LogP contribution is -2.43. The third kappa shape index (κ3) is 4.93. The van der Waals surface area contributed by atoms with Gasteiger partial charge < -0.3 is 15.4 Å². The van der Waals surface area contributed by atoms with Crippen molar-refractivity contribution in [1.29, 1.82) is 0 Å². The van der Waals surface area contributed by atoms with E-state index in [2.05, 4.69) is 0 Å². The number of benzene rings is 1. The second-order valence-electron chi connectivity index (χ2n) is 5.43. The van der Waals surface area contributed by atoms with Gasteiger partial charge in [0.2, 0.25) is 0 Å². The van der Waals surface area contributed by atoms with Crippen molar-refractivity contribution >= 4 is 17.8 Å². The number of hydrogen-bond acceptors (Lipinski definition) is 3. The molecule has 1 heterocycles. The molecule has 0 radical (unpaired) electrons. The molecule has 5 heteroatoms. The average molecular weight is 308 g/mol. The number of primary amides is 1. The van der Waals surface area contributed by atoms with Gasteiger partial charge in [0.05, 0.1) is 0 Å². The van der Waals surface area contributed by atoms with Crippen LogP contribution in [-0.4, -0.2) is 41.7 Å². The lowest BCUT2D eigenvalue weighted by atomic mass is 10.1. The highest BCUT2D eigenvalue weighted by Gasteiger charge is 2.31. The number of nitrogens with zero attached hydrogens (tertiary/aromatic N) is 1. The van der Waals surface area contributed by atoms with Gasteiger partial charge in [0, 0.05) is 37.3 Å². The minimum absolute atomic E-state index is 0.250. The van der Waals surface area contributed by atoms with E-state index in [1.54, 1.807) is 7.11 Å². The second-order valence-corrected chi connectivity index (χ2v) is 6.76. The van der Waals surface area contributed by atoms with Gasteiger partial charge in [-0.15, -0.1) is 0 Å². The molecule has 2 N–H and O–H groups in total. The summed E-state index contributed by atoms with van der Waals surface area (Å²) in [6.45, 7) is 1.41. The van der Waals surface area contributed by atoms with Crippen molar-refractivity contribution in [1.82, 2.24) is 4.90 Å². The molecule has 0 bridgehead atoms. The molecule has 0 saturated carbocycles. The van der Waals surface area contributed by atoms with Gasteiger partial charge in [0.15, 0.2) is 0 Å². The van der Waals surface area contributed by atoms with Crippen LogP contribution in [0.25, 0.3) is 0 Å². The Morgan fingerprint density at radius 1 is 1.43 bits per heavy atom. The van der Waals surface area contributed by atoms with Crippen LogP contribution < -0.4 is 5.73 Å². The lowest BCUT2D eigenvalue weighted by molar-refractivity contribution is 0.180. The molecule has 1 aromatic carbocycles. The van der Waals surface area contributed by atoms with Crippen LogP contribution in [0.4, 0.5) is 4.79 Å². The predicted octanol–water partition coefficient (Wildman–Crippen LogP) is 2.87. The van der Waals surface area contributed by atoms with E-state index in [0.29, 0.717) is 11.8 Å². The van der Waals surface area contributed by atoms with Crippen molar-refractivity contribution in [2.75, 3.05) is 19.5 Å². The maximum atomic E-state index is 11.8. The largest absolute Gasteiger partial charge is 0.385 e. The number of urea groups is 1. The summed E-state index contributed by atoms with van der Waals surface area (Å²) in [5.41, 5.74) is 6.72. The quantitative estimate of drug-likeness (QED) is 0.788. The fourth-order valence-electron chi connectivity index (χ4n) is 2.73. The van der Waals surface area contributed by atoms with E-state index in [0.717, 1.165) is 37.2 Å². The van der Waals surface area contributed by atoms with Gasteiger partial charge in [0.25, 0.3) is 0 Å². The molecule has 2 amide bonds. The predicted molar refractivity (Wildman–Crippen MR) is 87.3 cm³/mol. The SMILES string of the molecule is COCCC[C@H]1C[C@@H](N(Cc2ccccc2)C(N)=O)CS1. The topological polar surface area (TPSA) is 55.6 Å². The van der Waals surface area contributed by atoms with Crippen molar-refractivity contribution in [2.45, 2.75) is 37.1 Å². The van der Waals surface area contributed by atoms with Gasteiger partial charge in [-0.05, 0) is 24.8 Å². The van der Waals surface area contributed by atoms with E-state index in [4.69, 9.17) is 10.5 Å². The van der Waals surface area contributed by atoms with Gasteiger partial charge >= 0.3 is 6.03 Å². The molecule has 1 saturated heterocycles. The molecule has 0 aliphatic carbocycles. The fourth-order valence-corrected chi connectivity index (χ4v) is 4.23. The minimum Gasteiger partial charge on any atom is -0.385 e. The van der Waals surface area contributed by atoms with Crippen molar-refractivity contribution in [2.24, 2.45) is 5.73 Å². The van der Waals surface area contributed by atoms with Crippen LogP contribution in [0.2, 0.25) is 0 Å². The Bertz CT molecular complexity index is 441. The molecule has 4 nitrogen and oxygen atoms in total. The summed E-state index contributed by atoms with van der Waals surface area (Å²) in [5.74, 6) is 0.980. The molecule has 2 atom stereocenters. The van der Waals surface area contributed by atoms with Gasteiger partial charge in [-0.25, -0.2) is 4.79 Å². The number of thioether (sulfide) groups is 1. The van der Waals surface area contributed by atoms with Crippen LogP contribution in [0.5, 0.6) is 0 Å². The van der Waals surface area contributed by atoms with Gasteiger partial charge in [-0.1, -0.05) is 30.3 Å². The average Bonchev–Trinajstić information content (AvgIpc) is 2.94. The summed E-state index contributed by atoms with van der Waals surface area (Å²) in [4.78, 5) is 13.6. The fraction of sp³-hybridized carbons (Fsp3) is 0.562. The minimum atomic E-state index is -0.318. The van der Waals surface area contributed by atoms with Gasteiger partial charge in [0.1, 0.15) is 0 Å². The number of amides is 2. The Kier molecular flexibility index (Phi) is 6.39. The maximum Gasteiger partial charge on any atom is 0.315 e. The number of ether oxygens (including phenoxy) is 1. The van der Waals surface area contributed by atoms with E-state index in [9.17, 15) is 4.79 Å². The van der Waals surface area contributed by atoms with Crippen molar-refractivity contribution in [3.63, 3.8) is 0 Å². The molecular weight excluding hydrogens is 284 g/mol. The van der Waals surface area contributed by atoms with Crippen LogP contribution in [0.1, 0.15) is 24.8 Å². The highest BCUT2D eigenvalue weighted by Crippen LogP contribution is 2.33. The monoisotopic (exact) mass is 308 g/mol. The number of rotatable bonds is 7. The first-order valence-corrected chi connectivity index (χ1v) is 8.46. The summed E-state index contributed by atoms with van der Waals surface area (Å²) in [7, 11) is 1.74. The Morgan fingerprint density at radius 2 is 2.19 bits per heavy atom. The molecule has 0 aromatic heterocycles. The van der Waals surface area contributed by atoms with Gasteiger partial charge in [-0.3, -0.25) is 0 Å². The Balaban J connectivity index is 1.89. The highest BCUT2D eigenvalue weighted by molar-refractivity contribution is 8.00. The van der Waals surface area contributed by atoms with Crippen molar-refractivity contribution in [3.8, 4) is 0 Å². The number of nitrogens with two attached hydrogens (primary N) is 1. The second kappa shape index (κ2) is 8.29. The summed E-state index contributed by atoms with van der Waals surface area (Å²) in [6.07, 6.45) is 3.26. The zero-order chi connectivity index (χ0) is 15.1. The number of carbonyl (C=O) groups excluding carboxylic acids is 1. The van der Waals surface area contributed by atoms with Crippen LogP contribution >= 0.6 is 11.8 Å². The Morgan fingerprint density at radius 3 is 2.86 bits per heavy atom. The molecule has 116 valence electrons. The van der Waals surface area contributed by atoms with E-state index >= 15 is 0 Å². The van der Waals surface area contributed by atoms with Crippen molar-refractivity contribution < 1.29 is 9.53 Å². The van der Waals surface area contributed by atoms with E-state index < -0.39 is 0 Å². The van der Waals surface area contributed by atoms with Gasteiger partial charge in [-0.2, -0.15) is 11.8 Å². The van der Waals surface area contributed by atoms with Crippen LogP contribution in [0, 0.1) is 0 Å². The molecule has 1 fully saturated rings. The Hall–Kier alpha value is -1.20. The summed E-state index contributed by atoms with van der Waals surface area (Å²) < 4.78 is 5.10. The first kappa shape index (κ1) is 16.2. The molecule has 0 spiro atoms. The standard InChI is InChI=1S/C16H24N2O2S/c1-20-9-5-8-15-10-14(12-21-15)18(16(17)19)11-13-6-3-2-4-7-13/h2-4,6-7,14-15H,5,8-12H2,1H3,(H2,17,19)/t14-,15+/m1/s1. The first-order valence-electron chi connectivity index (χ1n) is 7.41. The van der Waals surface area contributed by atoms with Crippen LogP contribution in [-0.2, 0) is 11.3 Å². The Labute approximate surface area is 131 Å². The molecule has 1 aliphatic heterocycles. The summed E-state index contributed by atoms with van der Waals surface area (Å²) >= 11 is 1.95. The smallest absolute Gasteiger partial charge is 0.315 e. The molecule has 2 rings (SSSR count). The molecule has 1 aromatic rings. The third-order valence-electron chi connectivity index (χ3n) is 3.85. The van der Waals surface area contributed by atoms with E-state index in [-0.39, 0.29) is 12.1 Å². The zero-order valence-corrected chi connectivity index (χ0v) is 13.3. The lowest BCUT2D eigenvalue weighted by Gasteiger charge is -2.27. The highest BCUT2D eigenvalue weighted by atomic mass is 32.2. The van der Waals surface area contributed by atoms with Crippen molar-refractivity contribution in [3.05, 3.63) is 35.9 Å². The zero-order valence-electron chi connectivity index (χ0n) is 12.5. The molecular formula is C16H24N2O2S. The number of hydrogen-bond donors (Lipinski definition) is 1. The maximum absolute atomic E-state index is 11.8. The van der Waals surface area contributed by atoms with E-state index in [1.807, 2.05) is 47.0 Å². The number of methoxy groups -OCH3 is 1. The number of carbonyl (C=O) groups is 1. The van der Waals surface area contributed by atoms with Crippen LogP contribution in [0.15, 0.2) is 30.3 Å². The molecule has 1 aliphatic rings. The normalized spacial score (nSPS) is 21.4.